The molecule has 1 saturated heterocycles. The molecule has 1 nitrogen and oxygen atoms in total. The summed E-state index contributed by atoms with van der Waals surface area (Å²) in [6, 6.07) is 0. The Morgan fingerprint density at radius 3 is 2.79 bits per heavy atom. The van der Waals surface area contributed by atoms with Gasteiger partial charge in [0.2, 0.25) is 0 Å². The summed E-state index contributed by atoms with van der Waals surface area (Å²) in [5, 5.41) is 0. The topological polar surface area (TPSA) is 3.24 Å². The van der Waals surface area contributed by atoms with E-state index >= 15 is 0 Å². The molecule has 2 rings (SSSR count). The molecule has 1 saturated carbocycles. The first kappa shape index (κ1) is 10.5. The van der Waals surface area contributed by atoms with Gasteiger partial charge in [-0.2, -0.15) is 0 Å². The van der Waals surface area contributed by atoms with E-state index < -0.39 is 0 Å². The number of piperidine rings is 1. The van der Waals surface area contributed by atoms with E-state index in [1.54, 1.807) is 0 Å². The van der Waals surface area contributed by atoms with Crippen LogP contribution in [-0.4, -0.2) is 24.5 Å². The number of likely N-dealkylation sites (tertiary alicyclic amines) is 1. The van der Waals surface area contributed by atoms with Crippen molar-refractivity contribution in [3.05, 3.63) is 0 Å². The van der Waals surface area contributed by atoms with Crippen molar-refractivity contribution in [3.63, 3.8) is 0 Å². The van der Waals surface area contributed by atoms with Crippen LogP contribution in [0.2, 0.25) is 0 Å². The van der Waals surface area contributed by atoms with Gasteiger partial charge in [-0.05, 0) is 50.1 Å². The Labute approximate surface area is 88.9 Å². The van der Waals surface area contributed by atoms with Crippen molar-refractivity contribution < 1.29 is 0 Å². The van der Waals surface area contributed by atoms with Gasteiger partial charge in [0, 0.05) is 6.54 Å². The molecule has 1 spiro atoms. The van der Waals surface area contributed by atoms with Crippen LogP contribution in [0.3, 0.4) is 0 Å². The second-order valence-electron chi connectivity index (χ2n) is 5.67. The second kappa shape index (κ2) is 4.22. The molecule has 14 heavy (non-hydrogen) atoms. The van der Waals surface area contributed by atoms with Crippen molar-refractivity contribution in [2.75, 3.05) is 19.6 Å². The Bertz CT molecular complexity index is 186. The highest BCUT2D eigenvalue weighted by molar-refractivity contribution is 4.90. The van der Waals surface area contributed by atoms with Gasteiger partial charge in [0.1, 0.15) is 0 Å². The number of hydrogen-bond acceptors (Lipinski definition) is 1. The third kappa shape index (κ3) is 2.13. The lowest BCUT2D eigenvalue weighted by molar-refractivity contribution is 0.0389. The van der Waals surface area contributed by atoms with Crippen LogP contribution in [0.15, 0.2) is 0 Å². The first-order valence-corrected chi connectivity index (χ1v) is 6.46. The minimum atomic E-state index is 0.728. The summed E-state index contributed by atoms with van der Waals surface area (Å²) in [4.78, 5) is 2.67. The Hall–Kier alpha value is -0.0400. The summed E-state index contributed by atoms with van der Waals surface area (Å²) in [7, 11) is 0. The van der Waals surface area contributed by atoms with E-state index in [1.165, 1.54) is 58.2 Å². The monoisotopic (exact) mass is 195 g/mol. The lowest BCUT2D eigenvalue weighted by Crippen LogP contribution is -2.45. The predicted octanol–water partition coefficient (Wildman–Crippen LogP) is 3.30. The van der Waals surface area contributed by atoms with Crippen LogP contribution < -0.4 is 0 Å². The summed E-state index contributed by atoms with van der Waals surface area (Å²) in [6.07, 6.45) is 8.93. The van der Waals surface area contributed by atoms with E-state index in [0.717, 1.165) is 11.3 Å². The van der Waals surface area contributed by atoms with Crippen molar-refractivity contribution in [1.29, 1.82) is 0 Å². The SMILES string of the molecule is CCN1CCCC2(CCCC(C)C2)C1. The van der Waals surface area contributed by atoms with Crippen molar-refractivity contribution in [1.82, 2.24) is 4.90 Å². The van der Waals surface area contributed by atoms with Crippen molar-refractivity contribution in [3.8, 4) is 0 Å². The van der Waals surface area contributed by atoms with E-state index in [2.05, 4.69) is 18.7 Å². The fraction of sp³-hybridized carbons (Fsp3) is 1.00. The van der Waals surface area contributed by atoms with E-state index in [-0.39, 0.29) is 0 Å². The first-order valence-electron chi connectivity index (χ1n) is 6.46. The molecular formula is C13H25N. The zero-order chi connectivity index (χ0) is 10.0. The van der Waals surface area contributed by atoms with Gasteiger partial charge >= 0.3 is 0 Å². The van der Waals surface area contributed by atoms with Crippen LogP contribution in [0, 0.1) is 11.3 Å². The normalized spacial score (nSPS) is 40.3. The van der Waals surface area contributed by atoms with Gasteiger partial charge in [0.15, 0.2) is 0 Å². The minimum Gasteiger partial charge on any atom is -0.303 e. The molecule has 2 fully saturated rings. The molecule has 2 aliphatic rings. The van der Waals surface area contributed by atoms with E-state index in [0.29, 0.717) is 0 Å². The zero-order valence-corrected chi connectivity index (χ0v) is 9.89. The highest BCUT2D eigenvalue weighted by Crippen LogP contribution is 2.45. The highest BCUT2D eigenvalue weighted by Gasteiger charge is 2.37. The van der Waals surface area contributed by atoms with Crippen LogP contribution in [-0.2, 0) is 0 Å². The van der Waals surface area contributed by atoms with Crippen LogP contribution in [0.1, 0.15) is 52.4 Å². The van der Waals surface area contributed by atoms with E-state index in [9.17, 15) is 0 Å². The van der Waals surface area contributed by atoms with Gasteiger partial charge in [-0.15, -0.1) is 0 Å². The van der Waals surface area contributed by atoms with Gasteiger partial charge in [0.05, 0.1) is 0 Å². The molecule has 1 aliphatic heterocycles. The molecule has 1 aliphatic carbocycles. The molecule has 0 amide bonds. The number of nitrogens with zero attached hydrogens (tertiary/aromatic N) is 1. The largest absolute Gasteiger partial charge is 0.303 e. The average molecular weight is 195 g/mol. The van der Waals surface area contributed by atoms with Crippen LogP contribution in [0.4, 0.5) is 0 Å². The van der Waals surface area contributed by atoms with Gasteiger partial charge in [-0.1, -0.05) is 26.7 Å². The fourth-order valence-corrected chi connectivity index (χ4v) is 3.72. The fourth-order valence-electron chi connectivity index (χ4n) is 3.72. The van der Waals surface area contributed by atoms with E-state index in [1.807, 2.05) is 0 Å². The Morgan fingerprint density at radius 1 is 1.29 bits per heavy atom. The molecule has 0 aromatic carbocycles. The molecule has 1 heterocycles. The van der Waals surface area contributed by atoms with Gasteiger partial charge in [-0.25, -0.2) is 0 Å². The third-order valence-electron chi connectivity index (χ3n) is 4.37. The maximum absolute atomic E-state index is 2.67. The molecular weight excluding hydrogens is 170 g/mol. The molecule has 0 N–H and O–H groups in total. The minimum absolute atomic E-state index is 0.728. The maximum atomic E-state index is 2.67. The smallest absolute Gasteiger partial charge is 0.00380 e. The summed E-state index contributed by atoms with van der Waals surface area (Å²) >= 11 is 0. The van der Waals surface area contributed by atoms with Crippen LogP contribution >= 0.6 is 0 Å². The summed E-state index contributed by atoms with van der Waals surface area (Å²) in [5.41, 5.74) is 0.728. The van der Waals surface area contributed by atoms with Gasteiger partial charge in [-0.3, -0.25) is 0 Å². The number of hydrogen-bond donors (Lipinski definition) is 0. The first-order chi connectivity index (χ1) is 6.74. The Morgan fingerprint density at radius 2 is 2.07 bits per heavy atom. The van der Waals surface area contributed by atoms with Crippen LogP contribution in [0.25, 0.3) is 0 Å². The van der Waals surface area contributed by atoms with E-state index in [4.69, 9.17) is 0 Å². The molecule has 0 radical (unpaired) electrons. The highest BCUT2D eigenvalue weighted by atomic mass is 15.1. The zero-order valence-electron chi connectivity index (χ0n) is 9.89. The maximum Gasteiger partial charge on any atom is 0.00380 e. The molecule has 0 aromatic rings. The summed E-state index contributed by atoms with van der Waals surface area (Å²) in [6.45, 7) is 8.77. The summed E-state index contributed by atoms with van der Waals surface area (Å²) < 4.78 is 0. The van der Waals surface area contributed by atoms with Gasteiger partial charge < -0.3 is 4.90 Å². The Kier molecular flexibility index (Phi) is 3.16. The van der Waals surface area contributed by atoms with Crippen molar-refractivity contribution in [2.24, 2.45) is 11.3 Å². The second-order valence-corrected chi connectivity index (χ2v) is 5.67. The molecule has 2 atom stereocenters. The summed E-state index contributed by atoms with van der Waals surface area (Å²) in [5.74, 6) is 0.987. The Balaban J connectivity index is 1.99. The molecule has 1 heteroatoms. The van der Waals surface area contributed by atoms with Gasteiger partial charge in [0.25, 0.3) is 0 Å². The molecule has 2 unspecified atom stereocenters. The lowest BCUT2D eigenvalue weighted by atomic mass is 9.66. The van der Waals surface area contributed by atoms with Crippen LogP contribution in [0.5, 0.6) is 0 Å². The number of rotatable bonds is 1. The van der Waals surface area contributed by atoms with Crippen molar-refractivity contribution in [2.45, 2.75) is 52.4 Å². The predicted molar refractivity (Wildman–Crippen MR) is 61.4 cm³/mol. The third-order valence-corrected chi connectivity index (χ3v) is 4.37. The van der Waals surface area contributed by atoms with Crippen molar-refractivity contribution >= 4 is 0 Å². The standard InChI is InChI=1S/C13H25N/c1-3-14-9-5-8-13(11-14)7-4-6-12(2)10-13/h12H,3-11H2,1-2H3. The quantitative estimate of drug-likeness (QED) is 0.620. The molecule has 0 aromatic heterocycles. The molecule has 82 valence electrons. The molecule has 0 bridgehead atoms. The average Bonchev–Trinajstić information content (AvgIpc) is 2.17. The lowest BCUT2D eigenvalue weighted by Gasteiger charge is -2.47.